The van der Waals surface area contributed by atoms with Gasteiger partial charge in [0.1, 0.15) is 6.04 Å². The van der Waals surface area contributed by atoms with Crippen molar-refractivity contribution in [2.45, 2.75) is 39.3 Å². The highest BCUT2D eigenvalue weighted by Crippen LogP contribution is 2.29. The molecule has 0 aliphatic carbocycles. The molecule has 1 N–H and O–H groups in total. The Bertz CT molecular complexity index is 681. The van der Waals surface area contributed by atoms with E-state index in [1.165, 1.54) is 7.05 Å². The van der Waals surface area contributed by atoms with Crippen molar-refractivity contribution in [3.63, 3.8) is 0 Å². The van der Waals surface area contributed by atoms with E-state index in [9.17, 15) is 13.2 Å². The van der Waals surface area contributed by atoms with Gasteiger partial charge in [-0.3, -0.25) is 9.48 Å². The molecule has 1 amide bonds. The third-order valence-electron chi connectivity index (χ3n) is 4.36. The number of likely N-dealkylation sites (N-methyl/N-ethyl adjacent to an activating group) is 2. The molecule has 0 saturated carbocycles. The Labute approximate surface area is 137 Å². The number of carbonyl (C=O) groups excluding carboxylic acids is 1. The van der Waals surface area contributed by atoms with E-state index >= 15 is 0 Å². The number of hydrogen-bond acceptors (Lipinski definition) is 4. The van der Waals surface area contributed by atoms with Gasteiger partial charge >= 0.3 is 0 Å². The topological polar surface area (TPSA) is 87.5 Å². The van der Waals surface area contributed by atoms with Crippen LogP contribution in [0.4, 0.5) is 0 Å². The van der Waals surface area contributed by atoms with Gasteiger partial charge in [-0.25, -0.2) is 0 Å². The Morgan fingerprint density at radius 1 is 1.39 bits per heavy atom. The fourth-order valence-corrected chi connectivity index (χ4v) is 4.26. The number of carbonyl (C=O) groups is 1. The summed E-state index contributed by atoms with van der Waals surface area (Å²) in [6.07, 6.45) is 2.18. The molecular formula is C14H25N5O3S. The van der Waals surface area contributed by atoms with E-state index in [0.717, 1.165) is 15.6 Å². The Kier molecular flexibility index (Phi) is 5.12. The molecule has 1 aliphatic rings. The van der Waals surface area contributed by atoms with Crippen LogP contribution < -0.4 is 4.72 Å². The first-order chi connectivity index (χ1) is 10.7. The zero-order chi connectivity index (χ0) is 17.4. The maximum Gasteiger partial charge on any atom is 0.280 e. The molecule has 1 aromatic heterocycles. The predicted octanol–water partition coefficient (Wildman–Crippen LogP) is 0.177. The van der Waals surface area contributed by atoms with E-state index in [1.54, 1.807) is 22.8 Å². The molecule has 2 heterocycles. The molecular weight excluding hydrogens is 318 g/mol. The maximum absolute atomic E-state index is 12.7. The highest BCUT2D eigenvalue weighted by molar-refractivity contribution is 7.87. The predicted molar refractivity (Wildman–Crippen MR) is 86.8 cm³/mol. The molecule has 1 fully saturated rings. The number of nitrogens with one attached hydrogen (secondary N) is 1. The molecule has 130 valence electrons. The number of hydrogen-bond donors (Lipinski definition) is 1. The second-order valence-electron chi connectivity index (χ2n) is 5.80. The molecule has 0 bridgehead atoms. The Balaban J connectivity index is 2.36. The molecule has 1 aliphatic heterocycles. The van der Waals surface area contributed by atoms with Gasteiger partial charge in [-0.05, 0) is 27.2 Å². The van der Waals surface area contributed by atoms with Crippen molar-refractivity contribution < 1.29 is 13.2 Å². The summed E-state index contributed by atoms with van der Waals surface area (Å²) in [7, 11) is -0.476. The van der Waals surface area contributed by atoms with Gasteiger partial charge in [0.25, 0.3) is 10.2 Å². The zero-order valence-corrected chi connectivity index (χ0v) is 15.1. The van der Waals surface area contributed by atoms with E-state index in [4.69, 9.17) is 0 Å². The second-order valence-corrected chi connectivity index (χ2v) is 7.56. The van der Waals surface area contributed by atoms with E-state index in [1.807, 2.05) is 20.8 Å². The first-order valence-corrected chi connectivity index (χ1v) is 9.19. The minimum absolute atomic E-state index is 0.158. The van der Waals surface area contributed by atoms with Crippen molar-refractivity contribution in [1.82, 2.24) is 23.7 Å². The van der Waals surface area contributed by atoms with Crippen LogP contribution in [0.3, 0.4) is 0 Å². The van der Waals surface area contributed by atoms with Crippen LogP contribution >= 0.6 is 0 Å². The smallest absolute Gasteiger partial charge is 0.280 e. The highest BCUT2D eigenvalue weighted by Gasteiger charge is 2.42. The molecule has 23 heavy (non-hydrogen) atoms. The Morgan fingerprint density at radius 2 is 2.00 bits per heavy atom. The normalized spacial score (nSPS) is 24.6. The van der Waals surface area contributed by atoms with Crippen LogP contribution in [0.2, 0.25) is 0 Å². The number of rotatable bonds is 4. The summed E-state index contributed by atoms with van der Waals surface area (Å²) in [6.45, 7) is 6.73. The van der Waals surface area contributed by atoms with E-state index in [0.29, 0.717) is 19.5 Å². The maximum atomic E-state index is 12.7. The van der Waals surface area contributed by atoms with Crippen LogP contribution in [0.25, 0.3) is 0 Å². The van der Waals surface area contributed by atoms with Crippen molar-refractivity contribution in [3.8, 4) is 0 Å². The fraction of sp³-hybridized carbons (Fsp3) is 0.714. The van der Waals surface area contributed by atoms with Crippen LogP contribution in [-0.2, 0) is 22.1 Å². The van der Waals surface area contributed by atoms with Crippen LogP contribution in [0.15, 0.2) is 6.20 Å². The summed E-state index contributed by atoms with van der Waals surface area (Å²) < 4.78 is 30.3. The molecule has 2 atom stereocenters. The van der Waals surface area contributed by atoms with Gasteiger partial charge in [0, 0.05) is 38.9 Å². The molecule has 0 aromatic carbocycles. The molecule has 2 rings (SSSR count). The summed E-state index contributed by atoms with van der Waals surface area (Å²) in [6, 6.07) is -1.15. The van der Waals surface area contributed by atoms with Crippen molar-refractivity contribution in [2.75, 3.05) is 20.1 Å². The molecule has 0 spiro atoms. The standard InChI is InChI=1S/C14H25N5O3S/c1-6-19(7-2)14(20)13-8-12(16-23(21,22)18(13)5)11-9-17(4)15-10(11)3/h9,12-13,16H,6-8H2,1-5H3. The van der Waals surface area contributed by atoms with Gasteiger partial charge in [-0.2, -0.15) is 22.5 Å². The summed E-state index contributed by atoms with van der Waals surface area (Å²) in [5.41, 5.74) is 1.57. The van der Waals surface area contributed by atoms with Gasteiger partial charge < -0.3 is 4.90 Å². The summed E-state index contributed by atoms with van der Waals surface area (Å²) in [4.78, 5) is 14.4. The first-order valence-electron chi connectivity index (χ1n) is 7.75. The average Bonchev–Trinajstić information content (AvgIpc) is 2.81. The van der Waals surface area contributed by atoms with Gasteiger partial charge in [0.15, 0.2) is 0 Å². The molecule has 8 nitrogen and oxygen atoms in total. The molecule has 1 saturated heterocycles. The van der Waals surface area contributed by atoms with E-state index in [-0.39, 0.29) is 5.91 Å². The monoisotopic (exact) mass is 343 g/mol. The Hall–Kier alpha value is -1.45. The Morgan fingerprint density at radius 3 is 2.48 bits per heavy atom. The van der Waals surface area contributed by atoms with Gasteiger partial charge in [0.05, 0.1) is 11.7 Å². The van der Waals surface area contributed by atoms with E-state index < -0.39 is 22.3 Å². The molecule has 9 heteroatoms. The third kappa shape index (κ3) is 3.41. The second kappa shape index (κ2) is 6.58. The minimum atomic E-state index is -3.71. The number of nitrogens with zero attached hydrogens (tertiary/aromatic N) is 4. The lowest BCUT2D eigenvalue weighted by Crippen LogP contribution is -2.57. The van der Waals surface area contributed by atoms with Crippen molar-refractivity contribution >= 4 is 16.1 Å². The lowest BCUT2D eigenvalue weighted by Gasteiger charge is -2.38. The van der Waals surface area contributed by atoms with Gasteiger partial charge in [-0.15, -0.1) is 0 Å². The number of aromatic nitrogens is 2. The number of amides is 1. The molecule has 0 radical (unpaired) electrons. The average molecular weight is 343 g/mol. The largest absolute Gasteiger partial charge is 0.342 e. The highest BCUT2D eigenvalue weighted by atomic mass is 32.2. The van der Waals surface area contributed by atoms with Gasteiger partial charge in [0.2, 0.25) is 5.91 Å². The number of aryl methyl sites for hydroxylation is 2. The van der Waals surface area contributed by atoms with Gasteiger partial charge in [-0.1, -0.05) is 0 Å². The quantitative estimate of drug-likeness (QED) is 0.845. The lowest BCUT2D eigenvalue weighted by atomic mass is 10.00. The van der Waals surface area contributed by atoms with E-state index in [2.05, 4.69) is 9.82 Å². The summed E-state index contributed by atoms with van der Waals surface area (Å²) in [5.74, 6) is -0.158. The lowest BCUT2D eigenvalue weighted by molar-refractivity contribution is -0.135. The zero-order valence-electron chi connectivity index (χ0n) is 14.3. The van der Waals surface area contributed by atoms with Crippen molar-refractivity contribution in [1.29, 1.82) is 0 Å². The van der Waals surface area contributed by atoms with Crippen LogP contribution in [0.5, 0.6) is 0 Å². The van der Waals surface area contributed by atoms with Crippen molar-refractivity contribution in [3.05, 3.63) is 17.5 Å². The molecule has 2 unspecified atom stereocenters. The minimum Gasteiger partial charge on any atom is -0.342 e. The van der Waals surface area contributed by atoms with Crippen LogP contribution in [0.1, 0.15) is 37.6 Å². The van der Waals surface area contributed by atoms with Crippen LogP contribution in [-0.4, -0.2) is 59.5 Å². The summed E-state index contributed by atoms with van der Waals surface area (Å²) >= 11 is 0. The first kappa shape index (κ1) is 17.9. The SMILES string of the molecule is CCN(CC)C(=O)C1CC(c2cn(C)nc2C)NS(=O)(=O)N1C. The summed E-state index contributed by atoms with van der Waals surface area (Å²) in [5, 5.41) is 4.26. The van der Waals surface area contributed by atoms with Crippen LogP contribution in [0, 0.1) is 6.92 Å². The third-order valence-corrected chi connectivity index (χ3v) is 5.95. The fourth-order valence-electron chi connectivity index (χ4n) is 3.00. The molecule has 1 aromatic rings. The van der Waals surface area contributed by atoms with Crippen molar-refractivity contribution in [2.24, 2.45) is 7.05 Å².